The Balaban J connectivity index is 1.67. The van der Waals surface area contributed by atoms with Crippen LogP contribution in [-0.4, -0.2) is 32.2 Å². The number of nitro groups is 1. The van der Waals surface area contributed by atoms with Gasteiger partial charge in [-0.3, -0.25) is 15.2 Å². The van der Waals surface area contributed by atoms with E-state index in [2.05, 4.69) is 25.5 Å². The Hall–Kier alpha value is -4.47. The first kappa shape index (κ1) is 19.5. The molecule has 0 spiro atoms. The molecule has 1 atom stereocenters. The molecule has 1 unspecified atom stereocenters. The molecule has 2 aromatic heterocycles. The summed E-state index contributed by atoms with van der Waals surface area (Å²) in [6.45, 7) is 1.88. The van der Waals surface area contributed by atoms with E-state index in [-0.39, 0.29) is 5.69 Å². The molecule has 0 aliphatic carbocycles. The number of aromatic nitrogens is 4. The van der Waals surface area contributed by atoms with Gasteiger partial charge in [0.15, 0.2) is 0 Å². The van der Waals surface area contributed by atoms with Crippen LogP contribution in [0.1, 0.15) is 28.3 Å². The van der Waals surface area contributed by atoms with E-state index in [1.54, 1.807) is 19.2 Å². The molecule has 2 N–H and O–H groups in total. The Morgan fingerprint density at radius 2 is 1.94 bits per heavy atom. The number of nitrogens with one attached hydrogen (secondary N) is 2. The maximum absolute atomic E-state index is 11.4. The maximum Gasteiger partial charge on any atom is 0.269 e. The molecule has 0 saturated carbocycles. The predicted molar refractivity (Wildman–Crippen MR) is 116 cm³/mol. The minimum absolute atomic E-state index is 0.000229. The number of aryl methyl sites for hydroxylation is 1. The Labute approximate surface area is 182 Å². The zero-order valence-electron chi connectivity index (χ0n) is 17.2. The van der Waals surface area contributed by atoms with Crippen molar-refractivity contribution in [2.75, 3.05) is 12.4 Å². The second kappa shape index (κ2) is 7.65. The number of anilines is 2. The summed E-state index contributed by atoms with van der Waals surface area (Å²) in [6, 6.07) is 13.9. The summed E-state index contributed by atoms with van der Waals surface area (Å²) in [6.07, 6.45) is 1.40. The first-order chi connectivity index (χ1) is 15.5. The molecule has 160 valence electrons. The van der Waals surface area contributed by atoms with Gasteiger partial charge in [-0.15, -0.1) is 5.10 Å². The largest absolute Gasteiger partial charge is 0.497 e. The number of ether oxygens (including phenoxy) is 2. The lowest BCUT2D eigenvalue weighted by molar-refractivity contribution is -0.384. The third kappa shape index (κ3) is 3.27. The molecule has 4 aromatic rings. The average molecular weight is 430 g/mol. The molecule has 2 aromatic carbocycles. The zero-order chi connectivity index (χ0) is 22.2. The van der Waals surface area contributed by atoms with Crippen LogP contribution in [0.2, 0.25) is 0 Å². The first-order valence-electron chi connectivity index (χ1n) is 9.78. The van der Waals surface area contributed by atoms with Crippen LogP contribution in [-0.2, 0) is 0 Å². The summed E-state index contributed by atoms with van der Waals surface area (Å²) < 4.78 is 11.2. The average Bonchev–Trinajstić information content (AvgIpc) is 3.18. The van der Waals surface area contributed by atoms with Crippen LogP contribution in [0.15, 0.2) is 54.9 Å². The highest BCUT2D eigenvalue weighted by atomic mass is 16.6. The summed E-state index contributed by atoms with van der Waals surface area (Å²) >= 11 is 0. The smallest absolute Gasteiger partial charge is 0.269 e. The van der Waals surface area contributed by atoms with Gasteiger partial charge < -0.3 is 14.8 Å². The summed E-state index contributed by atoms with van der Waals surface area (Å²) in [5.41, 5.74) is 3.74. The number of hydrogen-bond acceptors (Lipinski definition) is 8. The number of methoxy groups -OCH3 is 1. The highest BCUT2D eigenvalue weighted by molar-refractivity contribution is 5.68. The van der Waals surface area contributed by atoms with Gasteiger partial charge in [-0.05, 0) is 36.8 Å². The molecule has 1 aliphatic rings. The first-order valence-corrected chi connectivity index (χ1v) is 9.78. The third-order valence-corrected chi connectivity index (χ3v) is 5.34. The van der Waals surface area contributed by atoms with Crippen molar-refractivity contribution in [1.82, 2.24) is 20.2 Å². The summed E-state index contributed by atoms with van der Waals surface area (Å²) in [5, 5.41) is 21.9. The van der Waals surface area contributed by atoms with E-state index in [0.29, 0.717) is 28.7 Å². The van der Waals surface area contributed by atoms with Crippen LogP contribution in [0, 0.1) is 17.0 Å². The van der Waals surface area contributed by atoms with E-state index in [1.807, 2.05) is 37.3 Å². The van der Waals surface area contributed by atoms with Crippen molar-refractivity contribution in [2.24, 2.45) is 0 Å². The van der Waals surface area contributed by atoms with Crippen LogP contribution in [0.4, 0.5) is 17.2 Å². The van der Waals surface area contributed by atoms with Crippen molar-refractivity contribution in [3.63, 3.8) is 0 Å². The maximum atomic E-state index is 11.4. The van der Waals surface area contributed by atoms with Gasteiger partial charge in [-0.2, -0.15) is 0 Å². The Morgan fingerprint density at radius 1 is 1.12 bits per heavy atom. The van der Waals surface area contributed by atoms with Gasteiger partial charge in [0.05, 0.1) is 23.5 Å². The van der Waals surface area contributed by atoms with Gasteiger partial charge in [-0.1, -0.05) is 12.1 Å². The number of H-pyrrole nitrogens is 1. The summed E-state index contributed by atoms with van der Waals surface area (Å²) in [7, 11) is 1.61. The number of rotatable bonds is 5. The lowest BCUT2D eigenvalue weighted by Crippen LogP contribution is -2.16. The van der Waals surface area contributed by atoms with E-state index >= 15 is 0 Å². The summed E-state index contributed by atoms with van der Waals surface area (Å²) in [4.78, 5) is 19.8. The van der Waals surface area contributed by atoms with E-state index in [1.165, 1.54) is 12.4 Å². The van der Waals surface area contributed by atoms with E-state index in [4.69, 9.17) is 9.47 Å². The Bertz CT molecular complexity index is 1320. The SMILES string of the molecule is COc1ccc(Nc2ncnc3c2C(c2cccc([N+](=O)[O-])c2)c2c(n[nH]c2C)O3)cc1. The van der Waals surface area contributed by atoms with Crippen molar-refractivity contribution in [1.29, 1.82) is 0 Å². The van der Waals surface area contributed by atoms with Gasteiger partial charge in [-0.25, -0.2) is 9.97 Å². The molecule has 1 aliphatic heterocycles. The van der Waals surface area contributed by atoms with Crippen molar-refractivity contribution >= 4 is 17.2 Å². The molecule has 0 bridgehead atoms. The van der Waals surface area contributed by atoms with Crippen molar-refractivity contribution in [2.45, 2.75) is 12.8 Å². The normalized spacial score (nSPS) is 14.1. The molecule has 3 heterocycles. The molecule has 5 rings (SSSR count). The summed E-state index contributed by atoms with van der Waals surface area (Å²) in [5.74, 6) is 1.57. The van der Waals surface area contributed by atoms with Gasteiger partial charge in [0.2, 0.25) is 11.8 Å². The standard InChI is InChI=1S/C22H18N6O4/c1-12-17-18(13-4-3-5-15(10-13)28(29)30)19-20(25-14-6-8-16(31-2)9-7-14)23-11-24-21(19)32-22(17)27-26-12/h3-11,18H,1-2H3,(H,26,27)(H,23,24,25). The van der Waals surface area contributed by atoms with E-state index < -0.39 is 10.8 Å². The fourth-order valence-electron chi connectivity index (χ4n) is 3.85. The molecule has 0 saturated heterocycles. The third-order valence-electron chi connectivity index (χ3n) is 5.34. The van der Waals surface area contributed by atoms with Gasteiger partial charge in [0.25, 0.3) is 5.69 Å². The fourth-order valence-corrected chi connectivity index (χ4v) is 3.85. The zero-order valence-corrected chi connectivity index (χ0v) is 17.2. The lowest BCUT2D eigenvalue weighted by atomic mass is 9.84. The molecule has 0 fully saturated rings. The second-order valence-corrected chi connectivity index (χ2v) is 7.25. The number of nitro benzene ring substituents is 1. The predicted octanol–water partition coefficient (Wildman–Crippen LogP) is 4.45. The number of non-ortho nitro benzene ring substituents is 1. The fraction of sp³-hybridized carbons (Fsp3) is 0.136. The molecule has 10 heteroatoms. The number of hydrogen-bond donors (Lipinski definition) is 2. The lowest BCUT2D eigenvalue weighted by Gasteiger charge is -2.27. The highest BCUT2D eigenvalue weighted by Crippen LogP contribution is 2.49. The van der Waals surface area contributed by atoms with Crippen LogP contribution in [0.5, 0.6) is 17.5 Å². The number of fused-ring (bicyclic) bond motifs is 2. The Kier molecular flexibility index (Phi) is 4.66. The van der Waals surface area contributed by atoms with Gasteiger partial charge >= 0.3 is 0 Å². The van der Waals surface area contributed by atoms with E-state index in [9.17, 15) is 10.1 Å². The van der Waals surface area contributed by atoms with Crippen molar-refractivity contribution < 1.29 is 14.4 Å². The molecule has 32 heavy (non-hydrogen) atoms. The topological polar surface area (TPSA) is 128 Å². The quantitative estimate of drug-likeness (QED) is 0.309. The highest BCUT2D eigenvalue weighted by Gasteiger charge is 2.36. The molecular weight excluding hydrogens is 412 g/mol. The number of nitrogens with zero attached hydrogens (tertiary/aromatic N) is 4. The molecule has 0 radical (unpaired) electrons. The monoisotopic (exact) mass is 430 g/mol. The minimum atomic E-state index is -0.422. The minimum Gasteiger partial charge on any atom is -0.497 e. The van der Waals surface area contributed by atoms with Crippen LogP contribution in [0.25, 0.3) is 0 Å². The van der Waals surface area contributed by atoms with Crippen molar-refractivity contribution in [3.8, 4) is 17.5 Å². The van der Waals surface area contributed by atoms with Gasteiger partial charge in [0, 0.05) is 29.1 Å². The van der Waals surface area contributed by atoms with Crippen LogP contribution in [0.3, 0.4) is 0 Å². The molecular formula is C22H18N6O4. The van der Waals surface area contributed by atoms with Gasteiger partial charge in [0.1, 0.15) is 17.9 Å². The second-order valence-electron chi connectivity index (χ2n) is 7.25. The number of benzene rings is 2. The van der Waals surface area contributed by atoms with Crippen LogP contribution >= 0.6 is 0 Å². The molecule has 10 nitrogen and oxygen atoms in total. The van der Waals surface area contributed by atoms with Crippen LogP contribution < -0.4 is 14.8 Å². The van der Waals surface area contributed by atoms with Crippen molar-refractivity contribution in [3.05, 3.63) is 87.4 Å². The number of aromatic amines is 1. The van der Waals surface area contributed by atoms with E-state index in [0.717, 1.165) is 22.7 Å². The Morgan fingerprint density at radius 3 is 2.69 bits per heavy atom. The molecule has 0 amide bonds.